The Morgan fingerprint density at radius 2 is 1.93 bits per heavy atom. The van der Waals surface area contributed by atoms with Gasteiger partial charge in [-0.2, -0.15) is 0 Å². The molecule has 0 spiro atoms. The number of hydrogen-bond donors (Lipinski definition) is 0. The first-order chi connectivity index (χ1) is 7.20. The maximum Gasteiger partial charge on any atom is 0.160 e. The molecular weight excluding hydrogens is 270 g/mol. The fraction of sp³-hybridized carbons (Fsp3) is 0.250. The molecular formula is C12H12BrNS. The lowest BCUT2D eigenvalue weighted by Gasteiger charge is -2.00. The van der Waals surface area contributed by atoms with Gasteiger partial charge in [-0.15, -0.1) is 11.3 Å². The van der Waals surface area contributed by atoms with Gasteiger partial charge in [0.25, 0.3) is 0 Å². The summed E-state index contributed by atoms with van der Waals surface area (Å²) in [6.45, 7) is 4.26. The third-order valence-corrected chi connectivity index (χ3v) is 3.97. The minimum absolute atomic E-state index is 0.968. The molecule has 2 aromatic rings. The zero-order chi connectivity index (χ0) is 10.8. The molecule has 0 unspecified atom stereocenters. The quantitative estimate of drug-likeness (QED) is 0.793. The van der Waals surface area contributed by atoms with Crippen LogP contribution in [0.3, 0.4) is 0 Å². The number of thiazole rings is 1. The molecule has 0 amide bonds. The van der Waals surface area contributed by atoms with Crippen LogP contribution in [-0.4, -0.2) is 4.98 Å². The fourth-order valence-corrected chi connectivity index (χ4v) is 3.01. The summed E-state index contributed by atoms with van der Waals surface area (Å²) < 4.78 is 0.968. The number of rotatable bonds is 2. The molecule has 0 atom stereocenters. The van der Waals surface area contributed by atoms with Crippen molar-refractivity contribution in [2.24, 2.45) is 0 Å². The normalized spacial score (nSPS) is 10.6. The van der Waals surface area contributed by atoms with Crippen LogP contribution in [0.2, 0.25) is 0 Å². The Bertz CT molecular complexity index is 459. The molecule has 0 aliphatic heterocycles. The molecule has 1 heterocycles. The van der Waals surface area contributed by atoms with E-state index in [1.54, 1.807) is 11.3 Å². The van der Waals surface area contributed by atoms with Crippen molar-refractivity contribution in [3.05, 3.63) is 38.6 Å². The summed E-state index contributed by atoms with van der Waals surface area (Å²) in [7, 11) is 0. The van der Waals surface area contributed by atoms with Crippen molar-refractivity contribution < 1.29 is 0 Å². The Labute approximate surface area is 102 Å². The first-order valence-electron chi connectivity index (χ1n) is 4.93. The molecule has 0 aliphatic carbocycles. The van der Waals surface area contributed by atoms with Gasteiger partial charge in [-0.3, -0.25) is 0 Å². The zero-order valence-electron chi connectivity index (χ0n) is 8.75. The summed E-state index contributed by atoms with van der Waals surface area (Å²) in [6.07, 6.45) is 1.03. The van der Waals surface area contributed by atoms with Crippen LogP contribution >= 0.6 is 27.3 Å². The first kappa shape index (κ1) is 10.8. The second-order valence-electron chi connectivity index (χ2n) is 3.46. The van der Waals surface area contributed by atoms with E-state index in [-0.39, 0.29) is 0 Å². The molecule has 0 bridgehead atoms. The number of hydrogen-bond acceptors (Lipinski definition) is 2. The van der Waals surface area contributed by atoms with Gasteiger partial charge in [-0.1, -0.05) is 36.8 Å². The number of aromatic nitrogens is 1. The molecule has 0 saturated carbocycles. The SMILES string of the molecule is CCc1sc(Br)nc1-c1ccc(C)cc1. The highest BCUT2D eigenvalue weighted by Gasteiger charge is 2.09. The van der Waals surface area contributed by atoms with Gasteiger partial charge >= 0.3 is 0 Å². The van der Waals surface area contributed by atoms with Crippen LogP contribution in [0.1, 0.15) is 17.4 Å². The summed E-state index contributed by atoms with van der Waals surface area (Å²) in [5.41, 5.74) is 3.61. The van der Waals surface area contributed by atoms with Crippen molar-refractivity contribution in [1.82, 2.24) is 4.98 Å². The molecule has 0 aliphatic rings. The lowest BCUT2D eigenvalue weighted by molar-refractivity contribution is 1.17. The first-order valence-corrected chi connectivity index (χ1v) is 6.54. The van der Waals surface area contributed by atoms with E-state index in [0.717, 1.165) is 16.0 Å². The minimum atomic E-state index is 0.968. The van der Waals surface area contributed by atoms with E-state index in [0.29, 0.717) is 0 Å². The van der Waals surface area contributed by atoms with E-state index >= 15 is 0 Å². The highest BCUT2D eigenvalue weighted by Crippen LogP contribution is 2.31. The van der Waals surface area contributed by atoms with Crippen LogP contribution in [0, 0.1) is 6.92 Å². The lowest BCUT2D eigenvalue weighted by atomic mass is 10.1. The Kier molecular flexibility index (Phi) is 3.22. The summed E-state index contributed by atoms with van der Waals surface area (Å²) in [4.78, 5) is 5.86. The van der Waals surface area contributed by atoms with E-state index in [1.807, 2.05) is 0 Å². The van der Waals surface area contributed by atoms with Gasteiger partial charge in [0, 0.05) is 10.4 Å². The standard InChI is InChI=1S/C12H12BrNS/c1-3-10-11(14-12(13)15-10)9-6-4-8(2)5-7-9/h4-7H,3H2,1-2H3. The van der Waals surface area contributed by atoms with Crippen molar-refractivity contribution in [1.29, 1.82) is 0 Å². The van der Waals surface area contributed by atoms with Crippen LogP contribution in [0.15, 0.2) is 28.2 Å². The van der Waals surface area contributed by atoms with Crippen molar-refractivity contribution in [3.63, 3.8) is 0 Å². The summed E-state index contributed by atoms with van der Waals surface area (Å²) in [6, 6.07) is 8.52. The third kappa shape index (κ3) is 2.29. The van der Waals surface area contributed by atoms with E-state index < -0.39 is 0 Å². The summed E-state index contributed by atoms with van der Waals surface area (Å²) in [5, 5.41) is 0. The molecule has 0 radical (unpaired) electrons. The predicted octanol–water partition coefficient (Wildman–Crippen LogP) is 4.44. The van der Waals surface area contributed by atoms with Gasteiger partial charge < -0.3 is 0 Å². The molecule has 0 fully saturated rings. The fourth-order valence-electron chi connectivity index (χ4n) is 1.50. The van der Waals surface area contributed by atoms with Crippen molar-refractivity contribution >= 4 is 27.3 Å². The van der Waals surface area contributed by atoms with Gasteiger partial charge in [0.1, 0.15) is 0 Å². The van der Waals surface area contributed by atoms with Crippen molar-refractivity contribution in [2.75, 3.05) is 0 Å². The highest BCUT2D eigenvalue weighted by molar-refractivity contribution is 9.11. The van der Waals surface area contributed by atoms with Gasteiger partial charge in [0.15, 0.2) is 3.92 Å². The van der Waals surface area contributed by atoms with E-state index in [1.165, 1.54) is 16.0 Å². The Balaban J connectivity index is 2.48. The van der Waals surface area contributed by atoms with Crippen molar-refractivity contribution in [3.8, 4) is 11.3 Å². The maximum atomic E-state index is 4.52. The lowest BCUT2D eigenvalue weighted by Crippen LogP contribution is -1.83. The largest absolute Gasteiger partial charge is 0.229 e. The molecule has 2 rings (SSSR count). The number of aryl methyl sites for hydroxylation is 2. The molecule has 15 heavy (non-hydrogen) atoms. The molecule has 1 aromatic carbocycles. The van der Waals surface area contributed by atoms with Crippen LogP contribution in [0.5, 0.6) is 0 Å². The Morgan fingerprint density at radius 1 is 1.27 bits per heavy atom. The molecule has 1 aromatic heterocycles. The summed E-state index contributed by atoms with van der Waals surface area (Å²) in [5.74, 6) is 0. The van der Waals surface area contributed by atoms with Crippen molar-refractivity contribution in [2.45, 2.75) is 20.3 Å². The van der Waals surface area contributed by atoms with Crippen LogP contribution in [0.4, 0.5) is 0 Å². The molecule has 1 nitrogen and oxygen atoms in total. The second kappa shape index (κ2) is 4.45. The topological polar surface area (TPSA) is 12.9 Å². The summed E-state index contributed by atoms with van der Waals surface area (Å²) >= 11 is 5.16. The van der Waals surface area contributed by atoms with Gasteiger partial charge in [-0.05, 0) is 29.3 Å². The number of benzene rings is 1. The molecule has 78 valence electrons. The average molecular weight is 282 g/mol. The van der Waals surface area contributed by atoms with E-state index in [2.05, 4.69) is 59.0 Å². The minimum Gasteiger partial charge on any atom is -0.229 e. The molecule has 0 N–H and O–H groups in total. The highest BCUT2D eigenvalue weighted by atomic mass is 79.9. The van der Waals surface area contributed by atoms with Gasteiger partial charge in [-0.25, -0.2) is 4.98 Å². The van der Waals surface area contributed by atoms with E-state index in [9.17, 15) is 0 Å². The average Bonchev–Trinajstić information content (AvgIpc) is 2.61. The van der Waals surface area contributed by atoms with Crippen LogP contribution in [0.25, 0.3) is 11.3 Å². The van der Waals surface area contributed by atoms with Gasteiger partial charge in [0.2, 0.25) is 0 Å². The smallest absolute Gasteiger partial charge is 0.160 e. The number of halogens is 1. The third-order valence-electron chi connectivity index (χ3n) is 2.32. The molecule has 3 heteroatoms. The second-order valence-corrected chi connectivity index (χ2v) is 5.82. The van der Waals surface area contributed by atoms with E-state index in [4.69, 9.17) is 0 Å². The Morgan fingerprint density at radius 3 is 2.53 bits per heavy atom. The zero-order valence-corrected chi connectivity index (χ0v) is 11.2. The van der Waals surface area contributed by atoms with Crippen LogP contribution < -0.4 is 0 Å². The number of nitrogens with zero attached hydrogens (tertiary/aromatic N) is 1. The Hall–Kier alpha value is -0.670. The van der Waals surface area contributed by atoms with Gasteiger partial charge in [0.05, 0.1) is 5.69 Å². The monoisotopic (exact) mass is 281 g/mol. The predicted molar refractivity (Wildman–Crippen MR) is 69.4 cm³/mol. The maximum absolute atomic E-state index is 4.52. The van der Waals surface area contributed by atoms with Crippen LogP contribution in [-0.2, 0) is 6.42 Å². The molecule has 0 saturated heterocycles.